The van der Waals surface area contributed by atoms with Crippen LogP contribution in [0.3, 0.4) is 0 Å². The fraction of sp³-hybridized carbons (Fsp3) is 0.545. The molecular formula is C22H33N5O2. The van der Waals surface area contributed by atoms with Gasteiger partial charge in [0.05, 0.1) is 6.61 Å². The predicted octanol–water partition coefficient (Wildman–Crippen LogP) is 3.19. The van der Waals surface area contributed by atoms with E-state index in [0.717, 1.165) is 38.3 Å². The molecule has 0 aliphatic carbocycles. The molecule has 1 aliphatic rings. The maximum atomic E-state index is 11.8. The third-order valence-electron chi connectivity index (χ3n) is 5.36. The molecule has 0 unspecified atom stereocenters. The Labute approximate surface area is 172 Å². The number of fused-ring (bicyclic) bond motifs is 1. The number of aromatic nitrogens is 1. The van der Waals surface area contributed by atoms with Crippen molar-refractivity contribution >= 4 is 23.0 Å². The first kappa shape index (κ1) is 21.0. The van der Waals surface area contributed by atoms with Crippen molar-refractivity contribution in [2.75, 3.05) is 32.8 Å². The Balaban J connectivity index is 1.55. The minimum Gasteiger partial charge on any atom is -0.450 e. The quantitative estimate of drug-likeness (QED) is 0.515. The molecule has 2 heterocycles. The second kappa shape index (κ2) is 10.2. The third kappa shape index (κ3) is 5.43. The van der Waals surface area contributed by atoms with Gasteiger partial charge in [-0.15, -0.1) is 0 Å². The Hall–Kier alpha value is -2.70. The number of aliphatic imine (C=N–C) groups is 1. The van der Waals surface area contributed by atoms with Crippen molar-refractivity contribution in [2.24, 2.45) is 4.99 Å². The number of carbonyl (C=O) groups is 1. The molecule has 1 aromatic heterocycles. The van der Waals surface area contributed by atoms with E-state index < -0.39 is 0 Å². The number of H-pyrrole nitrogens is 1. The van der Waals surface area contributed by atoms with Crippen LogP contribution >= 0.6 is 0 Å². The molecule has 2 aromatic rings. The Bertz CT molecular complexity index is 837. The molecule has 0 atom stereocenters. The normalized spacial score (nSPS) is 15.6. The van der Waals surface area contributed by atoms with Crippen molar-refractivity contribution < 1.29 is 9.53 Å². The first-order valence-electron chi connectivity index (χ1n) is 10.6. The summed E-state index contributed by atoms with van der Waals surface area (Å²) in [6.07, 6.45) is 2.48. The number of guanidine groups is 1. The van der Waals surface area contributed by atoms with E-state index in [0.29, 0.717) is 25.7 Å². The molecule has 1 saturated heterocycles. The summed E-state index contributed by atoms with van der Waals surface area (Å²) in [5, 5.41) is 8.16. The van der Waals surface area contributed by atoms with Crippen molar-refractivity contribution in [3.63, 3.8) is 0 Å². The summed E-state index contributed by atoms with van der Waals surface area (Å²) in [6.45, 7) is 9.42. The number of para-hydroxylation sites is 1. The molecule has 0 saturated carbocycles. The SMILES string of the molecule is CCNC(=NCCc1c(C)[nH]c2ccccc12)NC1CCN(C(=O)OCC)CC1. The standard InChI is InChI=1S/C22H33N5O2/c1-4-23-21(26-17-11-14-27(15-12-17)22(28)29-5-2)24-13-10-18-16(3)25-20-9-7-6-8-19(18)20/h6-9,17,25H,4-5,10-15H2,1-3H3,(H2,23,24,26). The van der Waals surface area contributed by atoms with Crippen LogP contribution in [0.25, 0.3) is 10.9 Å². The van der Waals surface area contributed by atoms with Gasteiger partial charge in [-0.2, -0.15) is 0 Å². The number of amides is 1. The van der Waals surface area contributed by atoms with Gasteiger partial charge >= 0.3 is 6.09 Å². The molecule has 3 N–H and O–H groups in total. The van der Waals surface area contributed by atoms with E-state index in [2.05, 4.69) is 53.7 Å². The van der Waals surface area contributed by atoms with Crippen LogP contribution in [0.1, 0.15) is 37.9 Å². The maximum absolute atomic E-state index is 11.8. The Morgan fingerprint density at radius 3 is 2.76 bits per heavy atom. The summed E-state index contributed by atoms with van der Waals surface area (Å²) in [5.41, 5.74) is 3.73. The lowest BCUT2D eigenvalue weighted by molar-refractivity contribution is 0.0963. The van der Waals surface area contributed by atoms with Gasteiger partial charge in [-0.05, 0) is 51.7 Å². The van der Waals surface area contributed by atoms with E-state index in [9.17, 15) is 4.79 Å². The number of rotatable bonds is 6. The predicted molar refractivity (Wildman–Crippen MR) is 117 cm³/mol. The van der Waals surface area contributed by atoms with Crippen LogP contribution in [0.15, 0.2) is 29.3 Å². The number of nitrogens with one attached hydrogen (secondary N) is 3. The van der Waals surface area contributed by atoms with Gasteiger partial charge in [0.1, 0.15) is 0 Å². The largest absolute Gasteiger partial charge is 0.450 e. The van der Waals surface area contributed by atoms with Crippen molar-refractivity contribution in [1.29, 1.82) is 0 Å². The second-order valence-corrected chi connectivity index (χ2v) is 7.39. The maximum Gasteiger partial charge on any atom is 0.409 e. The highest BCUT2D eigenvalue weighted by Crippen LogP contribution is 2.22. The smallest absolute Gasteiger partial charge is 0.409 e. The number of hydrogen-bond donors (Lipinski definition) is 3. The lowest BCUT2D eigenvalue weighted by Crippen LogP contribution is -2.50. The van der Waals surface area contributed by atoms with E-state index in [1.54, 1.807) is 4.90 Å². The van der Waals surface area contributed by atoms with Gasteiger partial charge in [0.15, 0.2) is 5.96 Å². The number of aromatic amines is 1. The lowest BCUT2D eigenvalue weighted by Gasteiger charge is -2.32. The molecule has 0 bridgehead atoms. The van der Waals surface area contributed by atoms with Crippen LogP contribution in [0.4, 0.5) is 4.79 Å². The Morgan fingerprint density at radius 1 is 1.28 bits per heavy atom. The number of nitrogens with zero attached hydrogens (tertiary/aromatic N) is 2. The monoisotopic (exact) mass is 399 g/mol. The van der Waals surface area contributed by atoms with E-state index in [4.69, 9.17) is 9.73 Å². The summed E-state index contributed by atoms with van der Waals surface area (Å²) in [4.78, 5) is 21.9. The van der Waals surface area contributed by atoms with Crippen LogP contribution in [-0.2, 0) is 11.2 Å². The summed E-state index contributed by atoms with van der Waals surface area (Å²) in [7, 11) is 0. The third-order valence-corrected chi connectivity index (χ3v) is 5.36. The fourth-order valence-corrected chi connectivity index (χ4v) is 3.87. The first-order valence-corrected chi connectivity index (χ1v) is 10.6. The average Bonchev–Trinajstić information content (AvgIpc) is 3.04. The first-order chi connectivity index (χ1) is 14.1. The topological polar surface area (TPSA) is 81.8 Å². The zero-order chi connectivity index (χ0) is 20.6. The van der Waals surface area contributed by atoms with Crippen molar-refractivity contribution in [3.8, 4) is 0 Å². The fourth-order valence-electron chi connectivity index (χ4n) is 3.87. The molecular weight excluding hydrogens is 366 g/mol. The highest BCUT2D eigenvalue weighted by Gasteiger charge is 2.24. The zero-order valence-corrected chi connectivity index (χ0v) is 17.8. The summed E-state index contributed by atoms with van der Waals surface area (Å²) < 4.78 is 5.09. The van der Waals surface area contributed by atoms with Gasteiger partial charge in [-0.1, -0.05) is 18.2 Å². The number of piperidine rings is 1. The van der Waals surface area contributed by atoms with Crippen LogP contribution in [0.5, 0.6) is 0 Å². The molecule has 0 spiro atoms. The summed E-state index contributed by atoms with van der Waals surface area (Å²) in [6, 6.07) is 8.73. The molecule has 1 aliphatic heterocycles. The number of carbonyl (C=O) groups excluding carboxylic acids is 1. The summed E-state index contributed by atoms with van der Waals surface area (Å²) >= 11 is 0. The van der Waals surface area contributed by atoms with E-state index in [1.807, 2.05) is 6.92 Å². The van der Waals surface area contributed by atoms with E-state index in [1.165, 1.54) is 22.2 Å². The number of hydrogen-bond acceptors (Lipinski definition) is 3. The molecule has 7 nitrogen and oxygen atoms in total. The number of ether oxygens (including phenoxy) is 1. The van der Waals surface area contributed by atoms with Gasteiger partial charge in [0, 0.05) is 48.8 Å². The molecule has 1 amide bonds. The molecule has 1 aromatic carbocycles. The van der Waals surface area contributed by atoms with Gasteiger partial charge in [0.2, 0.25) is 0 Å². The lowest BCUT2D eigenvalue weighted by atomic mass is 10.1. The highest BCUT2D eigenvalue weighted by molar-refractivity contribution is 5.84. The van der Waals surface area contributed by atoms with Crippen molar-refractivity contribution in [2.45, 2.75) is 46.1 Å². The number of benzene rings is 1. The van der Waals surface area contributed by atoms with Crippen LogP contribution < -0.4 is 10.6 Å². The number of aryl methyl sites for hydroxylation is 1. The number of likely N-dealkylation sites (tertiary alicyclic amines) is 1. The second-order valence-electron chi connectivity index (χ2n) is 7.39. The van der Waals surface area contributed by atoms with E-state index in [-0.39, 0.29) is 6.09 Å². The Morgan fingerprint density at radius 2 is 2.03 bits per heavy atom. The van der Waals surface area contributed by atoms with Gasteiger partial charge in [0.25, 0.3) is 0 Å². The van der Waals surface area contributed by atoms with Crippen molar-refractivity contribution in [3.05, 3.63) is 35.5 Å². The minimum atomic E-state index is -0.208. The van der Waals surface area contributed by atoms with Crippen molar-refractivity contribution in [1.82, 2.24) is 20.5 Å². The molecule has 29 heavy (non-hydrogen) atoms. The Kier molecular flexibility index (Phi) is 7.38. The van der Waals surface area contributed by atoms with Crippen LogP contribution in [-0.4, -0.2) is 60.8 Å². The van der Waals surface area contributed by atoms with E-state index >= 15 is 0 Å². The zero-order valence-electron chi connectivity index (χ0n) is 17.8. The van der Waals surface area contributed by atoms with Gasteiger partial charge in [-0.3, -0.25) is 4.99 Å². The van der Waals surface area contributed by atoms with Gasteiger partial charge in [-0.25, -0.2) is 4.79 Å². The molecule has 0 radical (unpaired) electrons. The molecule has 3 rings (SSSR count). The van der Waals surface area contributed by atoms with Crippen LogP contribution in [0.2, 0.25) is 0 Å². The highest BCUT2D eigenvalue weighted by atomic mass is 16.6. The average molecular weight is 400 g/mol. The molecule has 1 fully saturated rings. The summed E-state index contributed by atoms with van der Waals surface area (Å²) in [5.74, 6) is 0.847. The molecule has 7 heteroatoms. The molecule has 158 valence electrons. The van der Waals surface area contributed by atoms with Crippen LogP contribution in [0, 0.1) is 6.92 Å². The van der Waals surface area contributed by atoms with Gasteiger partial charge < -0.3 is 25.3 Å². The minimum absolute atomic E-state index is 0.208.